The molecule has 1 aliphatic rings. The summed E-state index contributed by atoms with van der Waals surface area (Å²) in [4.78, 5) is 20.8. The summed E-state index contributed by atoms with van der Waals surface area (Å²) in [6.07, 6.45) is 0.226. The molecular weight excluding hydrogens is 446 g/mol. The Morgan fingerprint density at radius 1 is 0.800 bits per heavy atom. The first-order valence-electron chi connectivity index (χ1n) is 8.25. The number of halogens is 2. The quantitative estimate of drug-likeness (QED) is 0.620. The third-order valence-corrected chi connectivity index (χ3v) is 8.34. The van der Waals surface area contributed by atoms with E-state index in [2.05, 4.69) is 0 Å². The standard InChI is InChI=1S/C10H9FO4S.C8H7FO4S/c11-7-1-3-8(4-2-7)16(14,15)10(5-6-10)9(12)13;9-6-1-3-7(4-2-6)14(12,13)5-8(10)11/h1-4H,5-6H2,(H,12,13);1-4H,5H2,(H,10,11). The number of carbonyl (C=O) groups is 2. The van der Waals surface area contributed by atoms with E-state index in [0.717, 1.165) is 48.5 Å². The predicted molar refractivity (Wildman–Crippen MR) is 99.3 cm³/mol. The average Bonchev–Trinajstić information content (AvgIpc) is 3.44. The van der Waals surface area contributed by atoms with Crippen LogP contribution in [0, 0.1) is 11.6 Å². The molecular formula is C18H16F2O8S2. The first-order chi connectivity index (χ1) is 13.8. The molecule has 0 atom stereocenters. The van der Waals surface area contributed by atoms with Crippen molar-refractivity contribution in [3.05, 3.63) is 60.2 Å². The maximum Gasteiger partial charge on any atom is 0.325 e. The lowest BCUT2D eigenvalue weighted by atomic mass is 10.3. The summed E-state index contributed by atoms with van der Waals surface area (Å²) in [5.74, 6) is -4.89. The van der Waals surface area contributed by atoms with Crippen molar-refractivity contribution in [3.8, 4) is 0 Å². The van der Waals surface area contributed by atoms with Crippen LogP contribution < -0.4 is 0 Å². The van der Waals surface area contributed by atoms with Crippen LogP contribution in [0.15, 0.2) is 58.3 Å². The minimum Gasteiger partial charge on any atom is -0.480 e. The van der Waals surface area contributed by atoms with Crippen LogP contribution in [0.2, 0.25) is 0 Å². The van der Waals surface area contributed by atoms with Gasteiger partial charge in [-0.25, -0.2) is 25.6 Å². The molecule has 162 valence electrons. The number of aliphatic carboxylic acids is 2. The molecule has 8 nitrogen and oxygen atoms in total. The Labute approximate surface area is 170 Å². The highest BCUT2D eigenvalue weighted by Gasteiger charge is 2.61. The van der Waals surface area contributed by atoms with Crippen LogP contribution >= 0.6 is 0 Å². The van der Waals surface area contributed by atoms with Gasteiger partial charge >= 0.3 is 11.9 Å². The highest BCUT2D eigenvalue weighted by atomic mass is 32.2. The van der Waals surface area contributed by atoms with Gasteiger partial charge in [0.15, 0.2) is 30.2 Å². The van der Waals surface area contributed by atoms with E-state index in [-0.39, 0.29) is 22.6 Å². The molecule has 30 heavy (non-hydrogen) atoms. The van der Waals surface area contributed by atoms with Crippen LogP contribution in [-0.2, 0) is 29.3 Å². The zero-order valence-corrected chi connectivity index (χ0v) is 16.8. The molecule has 0 amide bonds. The Kier molecular flexibility index (Phi) is 6.62. The summed E-state index contributed by atoms with van der Waals surface area (Å²) in [7, 11) is -7.75. The van der Waals surface area contributed by atoms with Gasteiger partial charge in [0.25, 0.3) is 0 Å². The van der Waals surface area contributed by atoms with Gasteiger partial charge in [-0.2, -0.15) is 0 Å². The number of carboxylic acid groups (broad SMARTS) is 2. The smallest absolute Gasteiger partial charge is 0.325 e. The van der Waals surface area contributed by atoms with E-state index in [0.29, 0.717) is 0 Å². The lowest BCUT2D eigenvalue weighted by Crippen LogP contribution is -2.32. The van der Waals surface area contributed by atoms with E-state index < -0.39 is 53.7 Å². The van der Waals surface area contributed by atoms with Crippen LogP contribution in [-0.4, -0.2) is 49.5 Å². The summed E-state index contributed by atoms with van der Waals surface area (Å²) in [6, 6.07) is 8.20. The van der Waals surface area contributed by atoms with Gasteiger partial charge in [-0.1, -0.05) is 0 Å². The predicted octanol–water partition coefficient (Wildman–Crippen LogP) is 1.90. The summed E-state index contributed by atoms with van der Waals surface area (Å²) < 4.78 is 69.8. The molecule has 0 aliphatic heterocycles. The van der Waals surface area contributed by atoms with Crippen LogP contribution in [0.3, 0.4) is 0 Å². The maximum absolute atomic E-state index is 12.6. The number of benzene rings is 2. The summed E-state index contributed by atoms with van der Waals surface area (Å²) in [5.41, 5.74) is 0. The summed E-state index contributed by atoms with van der Waals surface area (Å²) >= 11 is 0. The molecule has 2 N–H and O–H groups in total. The normalized spacial score (nSPS) is 14.9. The molecule has 0 unspecified atom stereocenters. The van der Waals surface area contributed by atoms with Crippen molar-refractivity contribution >= 4 is 31.6 Å². The molecule has 1 fully saturated rings. The molecule has 0 heterocycles. The van der Waals surface area contributed by atoms with E-state index >= 15 is 0 Å². The van der Waals surface area contributed by atoms with Gasteiger partial charge in [0.1, 0.15) is 11.6 Å². The van der Waals surface area contributed by atoms with E-state index in [4.69, 9.17) is 10.2 Å². The van der Waals surface area contributed by atoms with Gasteiger partial charge in [-0.05, 0) is 61.4 Å². The number of sulfone groups is 2. The largest absolute Gasteiger partial charge is 0.480 e. The van der Waals surface area contributed by atoms with Crippen molar-refractivity contribution in [1.29, 1.82) is 0 Å². The number of hydrogen-bond acceptors (Lipinski definition) is 6. The molecule has 1 saturated carbocycles. The second-order valence-electron chi connectivity index (χ2n) is 6.36. The molecule has 0 aromatic heterocycles. The molecule has 2 aromatic carbocycles. The Hall–Kier alpha value is -2.86. The molecule has 0 saturated heterocycles. The van der Waals surface area contributed by atoms with Gasteiger partial charge < -0.3 is 10.2 Å². The Balaban J connectivity index is 0.000000216. The fourth-order valence-electron chi connectivity index (χ4n) is 2.44. The third-order valence-electron chi connectivity index (χ3n) is 4.22. The van der Waals surface area contributed by atoms with Crippen LogP contribution in [0.4, 0.5) is 8.78 Å². The molecule has 0 spiro atoms. The van der Waals surface area contributed by atoms with Crippen molar-refractivity contribution in [1.82, 2.24) is 0 Å². The summed E-state index contributed by atoms with van der Waals surface area (Å²) in [5, 5.41) is 17.2. The molecule has 3 rings (SSSR count). The second kappa shape index (κ2) is 8.48. The van der Waals surface area contributed by atoms with Crippen molar-refractivity contribution in [2.75, 3.05) is 5.75 Å². The minimum absolute atomic E-state index is 0.113. The minimum atomic E-state index is -3.91. The van der Waals surface area contributed by atoms with E-state index in [1.807, 2.05) is 0 Å². The molecule has 1 aliphatic carbocycles. The average molecular weight is 462 g/mol. The number of hydrogen-bond donors (Lipinski definition) is 2. The fraction of sp³-hybridized carbons (Fsp3) is 0.222. The first-order valence-corrected chi connectivity index (χ1v) is 11.4. The van der Waals surface area contributed by atoms with Crippen molar-refractivity contribution in [2.24, 2.45) is 0 Å². The van der Waals surface area contributed by atoms with E-state index in [9.17, 15) is 35.2 Å². The van der Waals surface area contributed by atoms with Crippen molar-refractivity contribution in [3.63, 3.8) is 0 Å². The highest BCUT2D eigenvalue weighted by Crippen LogP contribution is 2.46. The van der Waals surface area contributed by atoms with E-state index in [1.165, 1.54) is 0 Å². The van der Waals surface area contributed by atoms with Gasteiger partial charge in [0.2, 0.25) is 0 Å². The third kappa shape index (κ3) is 5.00. The SMILES string of the molecule is O=C(O)C1(S(=O)(=O)c2ccc(F)cc2)CC1.O=C(O)CS(=O)(=O)c1ccc(F)cc1. The van der Waals surface area contributed by atoms with Crippen LogP contribution in [0.25, 0.3) is 0 Å². The van der Waals surface area contributed by atoms with Gasteiger partial charge in [-0.3, -0.25) is 9.59 Å². The van der Waals surface area contributed by atoms with Crippen LogP contribution in [0.5, 0.6) is 0 Å². The lowest BCUT2D eigenvalue weighted by molar-refractivity contribution is -0.137. The van der Waals surface area contributed by atoms with Crippen molar-refractivity contribution < 1.29 is 45.4 Å². The fourth-order valence-corrected chi connectivity index (χ4v) is 5.30. The second-order valence-corrected chi connectivity index (χ2v) is 10.6. The Bertz CT molecular complexity index is 1150. The molecule has 0 radical (unpaired) electrons. The number of rotatable bonds is 6. The highest BCUT2D eigenvalue weighted by molar-refractivity contribution is 7.94. The van der Waals surface area contributed by atoms with Crippen molar-refractivity contribution in [2.45, 2.75) is 27.4 Å². The number of carboxylic acids is 2. The topological polar surface area (TPSA) is 143 Å². The zero-order valence-electron chi connectivity index (χ0n) is 15.2. The Morgan fingerprint density at radius 2 is 1.20 bits per heavy atom. The van der Waals surface area contributed by atoms with Gasteiger partial charge in [0, 0.05) is 0 Å². The lowest BCUT2D eigenvalue weighted by Gasteiger charge is -2.11. The van der Waals surface area contributed by atoms with Gasteiger partial charge in [-0.15, -0.1) is 0 Å². The van der Waals surface area contributed by atoms with Gasteiger partial charge in [0.05, 0.1) is 9.79 Å². The van der Waals surface area contributed by atoms with E-state index in [1.54, 1.807) is 0 Å². The van der Waals surface area contributed by atoms with Crippen LogP contribution in [0.1, 0.15) is 12.8 Å². The molecule has 2 aromatic rings. The maximum atomic E-state index is 12.6. The molecule has 12 heteroatoms. The Morgan fingerprint density at radius 3 is 1.53 bits per heavy atom. The zero-order chi connectivity index (χ0) is 22.7. The molecule has 0 bridgehead atoms. The summed E-state index contributed by atoms with van der Waals surface area (Å²) in [6.45, 7) is 0. The first kappa shape index (κ1) is 23.4. The monoisotopic (exact) mass is 462 g/mol.